The van der Waals surface area contributed by atoms with Crippen LogP contribution in [0.2, 0.25) is 0 Å². The fraction of sp³-hybridized carbons (Fsp3) is 0.333. The van der Waals surface area contributed by atoms with E-state index in [9.17, 15) is 0 Å². The summed E-state index contributed by atoms with van der Waals surface area (Å²) in [4.78, 5) is 0. The van der Waals surface area contributed by atoms with E-state index in [1.807, 2.05) is 0 Å². The van der Waals surface area contributed by atoms with Crippen LogP contribution >= 0.6 is 55.4 Å². The molecule has 2 saturated heterocycles. The molecule has 2 aliphatic heterocycles. The molecule has 0 nitrogen and oxygen atoms in total. The summed E-state index contributed by atoms with van der Waals surface area (Å²) in [6, 6.07) is 6.47. The highest BCUT2D eigenvalue weighted by Crippen LogP contribution is 2.74. The van der Waals surface area contributed by atoms with Gasteiger partial charge in [-0.2, -0.15) is 0 Å². The highest BCUT2D eigenvalue weighted by atomic mass is 79.9. The molecular weight excluding hydrogens is 368 g/mol. The molecule has 0 radical (unpaired) electrons. The molecule has 4 rings (SSSR count). The number of fused-ring (bicyclic) bond motifs is 3. The normalized spacial score (nSPS) is 42.5. The smallest absolute Gasteiger partial charge is 0.0733 e. The van der Waals surface area contributed by atoms with Gasteiger partial charge in [0.05, 0.1) is 4.75 Å². The van der Waals surface area contributed by atoms with Crippen LogP contribution in [0.4, 0.5) is 0 Å². The van der Waals surface area contributed by atoms with E-state index in [1.165, 1.54) is 10.0 Å². The topological polar surface area (TPSA) is 0 Å². The first kappa shape index (κ1) is 10.5. The van der Waals surface area contributed by atoms with Gasteiger partial charge in [0.1, 0.15) is 0 Å². The Kier molecular flexibility index (Phi) is 2.20. The summed E-state index contributed by atoms with van der Waals surface area (Å²) in [5.74, 6) is 0. The molecule has 4 heteroatoms. The summed E-state index contributed by atoms with van der Waals surface area (Å²) in [6.07, 6.45) is 4.83. The molecule has 4 unspecified atom stereocenters. The first-order chi connectivity index (χ1) is 7.72. The Bertz CT molecular complexity index is 514. The molecule has 0 saturated carbocycles. The maximum Gasteiger partial charge on any atom is 0.0733 e. The van der Waals surface area contributed by atoms with Crippen LogP contribution in [-0.4, -0.2) is 15.7 Å². The molecular formula is C12H8Br2S2. The van der Waals surface area contributed by atoms with E-state index < -0.39 is 0 Å². The molecule has 0 aromatic heterocycles. The lowest BCUT2D eigenvalue weighted by Crippen LogP contribution is -2.18. The Balaban J connectivity index is 1.84. The van der Waals surface area contributed by atoms with Crippen LogP contribution < -0.4 is 0 Å². The summed E-state index contributed by atoms with van der Waals surface area (Å²) in [5.41, 5.74) is 1.43. The second-order valence-corrected chi connectivity index (χ2v) is 8.78. The number of hydrogen-bond donors (Lipinski definition) is 0. The SMILES string of the molecule is Brc1cccc(C23C=CC4SC4C2S3)c1Br. The molecule has 2 heterocycles. The number of hydrogen-bond acceptors (Lipinski definition) is 2. The van der Waals surface area contributed by atoms with Gasteiger partial charge in [0.2, 0.25) is 0 Å². The maximum absolute atomic E-state index is 3.71. The lowest BCUT2D eigenvalue weighted by Gasteiger charge is -2.16. The van der Waals surface area contributed by atoms with Gasteiger partial charge < -0.3 is 0 Å². The minimum Gasteiger partial charge on any atom is -0.147 e. The molecule has 0 spiro atoms. The lowest BCUT2D eigenvalue weighted by molar-refractivity contribution is 0.774. The predicted molar refractivity (Wildman–Crippen MR) is 79.2 cm³/mol. The van der Waals surface area contributed by atoms with Gasteiger partial charge in [-0.3, -0.25) is 0 Å². The largest absolute Gasteiger partial charge is 0.147 e. The zero-order valence-corrected chi connectivity index (χ0v) is 13.0. The Morgan fingerprint density at radius 1 is 1.25 bits per heavy atom. The van der Waals surface area contributed by atoms with Crippen molar-refractivity contribution in [2.75, 3.05) is 0 Å². The molecule has 82 valence electrons. The average molecular weight is 376 g/mol. The van der Waals surface area contributed by atoms with Gasteiger partial charge in [0.15, 0.2) is 0 Å². The number of thioether (sulfide) groups is 2. The minimum atomic E-state index is 0.271. The predicted octanol–water partition coefficient (Wildman–Crippen LogP) is 4.58. The van der Waals surface area contributed by atoms with E-state index in [-0.39, 0.29) is 4.75 Å². The Hall–Kier alpha value is 0.620. The van der Waals surface area contributed by atoms with Crippen LogP contribution in [0.3, 0.4) is 0 Å². The number of rotatable bonds is 1. The van der Waals surface area contributed by atoms with Crippen molar-refractivity contribution >= 4 is 55.4 Å². The van der Waals surface area contributed by atoms with Crippen molar-refractivity contribution in [3.8, 4) is 0 Å². The monoisotopic (exact) mass is 374 g/mol. The van der Waals surface area contributed by atoms with Crippen molar-refractivity contribution in [3.63, 3.8) is 0 Å². The minimum absolute atomic E-state index is 0.271. The maximum atomic E-state index is 3.71. The molecule has 3 aliphatic rings. The first-order valence-corrected chi connectivity index (χ1v) is 8.60. The van der Waals surface area contributed by atoms with E-state index in [2.05, 4.69) is 85.7 Å². The zero-order chi connectivity index (χ0) is 10.9. The third-order valence-corrected chi connectivity index (χ3v) is 8.67. The van der Waals surface area contributed by atoms with Crippen LogP contribution in [0.25, 0.3) is 0 Å². The van der Waals surface area contributed by atoms with E-state index in [0.717, 1.165) is 20.2 Å². The van der Waals surface area contributed by atoms with Crippen molar-refractivity contribution in [1.29, 1.82) is 0 Å². The molecule has 1 aliphatic carbocycles. The summed E-state index contributed by atoms with van der Waals surface area (Å²) < 4.78 is 2.65. The second-order valence-electron chi connectivity index (χ2n) is 4.36. The van der Waals surface area contributed by atoms with Crippen LogP contribution in [-0.2, 0) is 4.75 Å². The van der Waals surface area contributed by atoms with Crippen molar-refractivity contribution in [2.24, 2.45) is 0 Å². The van der Waals surface area contributed by atoms with Crippen LogP contribution in [0.5, 0.6) is 0 Å². The van der Waals surface area contributed by atoms with Crippen molar-refractivity contribution in [3.05, 3.63) is 44.9 Å². The van der Waals surface area contributed by atoms with Crippen LogP contribution in [0, 0.1) is 0 Å². The Labute approximate surface area is 120 Å². The molecule has 0 bridgehead atoms. The third kappa shape index (κ3) is 1.30. The fourth-order valence-electron chi connectivity index (χ4n) is 2.51. The second kappa shape index (κ2) is 3.34. The third-order valence-electron chi connectivity index (χ3n) is 3.45. The summed E-state index contributed by atoms with van der Waals surface area (Å²) in [7, 11) is 0. The molecule has 16 heavy (non-hydrogen) atoms. The highest BCUT2D eigenvalue weighted by Gasteiger charge is 2.67. The van der Waals surface area contributed by atoms with E-state index in [4.69, 9.17) is 0 Å². The molecule has 4 atom stereocenters. The Morgan fingerprint density at radius 2 is 2.12 bits per heavy atom. The molecule has 1 aromatic rings. The Morgan fingerprint density at radius 3 is 3.00 bits per heavy atom. The lowest BCUT2D eigenvalue weighted by atomic mass is 9.89. The number of halogens is 2. The summed E-state index contributed by atoms with van der Waals surface area (Å²) in [5, 5.41) is 2.50. The van der Waals surface area contributed by atoms with Crippen molar-refractivity contribution < 1.29 is 0 Å². The van der Waals surface area contributed by atoms with Gasteiger partial charge in [-0.25, -0.2) is 0 Å². The summed E-state index contributed by atoms with van der Waals surface area (Å²) in [6.45, 7) is 0. The van der Waals surface area contributed by atoms with Gasteiger partial charge in [0, 0.05) is 24.7 Å². The van der Waals surface area contributed by atoms with Crippen molar-refractivity contribution in [2.45, 2.75) is 20.5 Å². The number of benzene rings is 1. The molecule has 1 aromatic carbocycles. The van der Waals surface area contributed by atoms with Crippen LogP contribution in [0.1, 0.15) is 5.56 Å². The fourth-order valence-corrected chi connectivity index (χ4v) is 6.65. The van der Waals surface area contributed by atoms with E-state index >= 15 is 0 Å². The standard InChI is InChI=1S/C12H8Br2S2/c13-7-3-1-2-6(9(7)14)12-5-4-8-10(15-8)11(12)16-12/h1-5,8,10-11H. The summed E-state index contributed by atoms with van der Waals surface area (Å²) >= 11 is 11.5. The van der Waals surface area contributed by atoms with Gasteiger partial charge in [-0.05, 0) is 43.5 Å². The first-order valence-electron chi connectivity index (χ1n) is 5.19. The van der Waals surface area contributed by atoms with E-state index in [0.29, 0.717) is 0 Å². The van der Waals surface area contributed by atoms with E-state index in [1.54, 1.807) is 0 Å². The van der Waals surface area contributed by atoms with Gasteiger partial charge in [-0.1, -0.05) is 24.3 Å². The highest BCUT2D eigenvalue weighted by molar-refractivity contribution is 9.13. The quantitative estimate of drug-likeness (QED) is 0.520. The van der Waals surface area contributed by atoms with Crippen LogP contribution in [0.15, 0.2) is 39.3 Å². The molecule has 0 amide bonds. The van der Waals surface area contributed by atoms with Gasteiger partial charge in [-0.15, -0.1) is 23.5 Å². The van der Waals surface area contributed by atoms with Gasteiger partial charge >= 0.3 is 0 Å². The molecule has 2 fully saturated rings. The molecule has 0 N–H and O–H groups in total. The zero-order valence-electron chi connectivity index (χ0n) is 8.19. The van der Waals surface area contributed by atoms with Gasteiger partial charge in [0.25, 0.3) is 0 Å². The average Bonchev–Trinajstić information content (AvgIpc) is 3.12. The van der Waals surface area contributed by atoms with Crippen molar-refractivity contribution in [1.82, 2.24) is 0 Å².